The largest absolute Gasteiger partial charge is 0.481 e. The molecule has 21 heavy (non-hydrogen) atoms. The molecular formula is C17H21NO3. The van der Waals surface area contributed by atoms with Gasteiger partial charge in [-0.05, 0) is 24.3 Å². The Morgan fingerprint density at radius 1 is 1.19 bits per heavy atom. The smallest absolute Gasteiger partial charge is 0.308 e. The zero-order valence-corrected chi connectivity index (χ0v) is 12.2. The van der Waals surface area contributed by atoms with Crippen LogP contribution in [0, 0.1) is 17.8 Å². The van der Waals surface area contributed by atoms with E-state index in [1.807, 2.05) is 37.3 Å². The Morgan fingerprint density at radius 2 is 1.86 bits per heavy atom. The highest BCUT2D eigenvalue weighted by molar-refractivity contribution is 5.81. The van der Waals surface area contributed by atoms with E-state index < -0.39 is 11.9 Å². The Labute approximate surface area is 124 Å². The van der Waals surface area contributed by atoms with Crippen LogP contribution in [0.15, 0.2) is 30.3 Å². The SMILES string of the molecule is CC(C(=O)N1CC(C(=O)O)C(c2ccccc2)C1)C1CC1. The van der Waals surface area contributed by atoms with Crippen molar-refractivity contribution >= 4 is 11.9 Å². The molecule has 1 aliphatic heterocycles. The van der Waals surface area contributed by atoms with Gasteiger partial charge in [0, 0.05) is 24.9 Å². The van der Waals surface area contributed by atoms with Crippen LogP contribution < -0.4 is 0 Å². The van der Waals surface area contributed by atoms with Crippen LogP contribution in [0.5, 0.6) is 0 Å². The molecule has 1 heterocycles. The maximum Gasteiger partial charge on any atom is 0.308 e. The molecule has 1 amide bonds. The van der Waals surface area contributed by atoms with Crippen LogP contribution in [0.2, 0.25) is 0 Å². The number of rotatable bonds is 4. The Bertz CT molecular complexity index is 538. The van der Waals surface area contributed by atoms with Crippen molar-refractivity contribution in [3.63, 3.8) is 0 Å². The molecular weight excluding hydrogens is 266 g/mol. The molecule has 1 N–H and O–H groups in total. The molecule has 0 aromatic heterocycles. The van der Waals surface area contributed by atoms with E-state index in [4.69, 9.17) is 0 Å². The van der Waals surface area contributed by atoms with E-state index in [0.29, 0.717) is 19.0 Å². The zero-order chi connectivity index (χ0) is 15.0. The molecule has 1 aliphatic carbocycles. The highest BCUT2D eigenvalue weighted by Crippen LogP contribution is 2.39. The lowest BCUT2D eigenvalue weighted by atomic mass is 9.89. The maximum absolute atomic E-state index is 12.5. The summed E-state index contributed by atoms with van der Waals surface area (Å²) in [6.07, 6.45) is 2.26. The first kappa shape index (κ1) is 14.1. The van der Waals surface area contributed by atoms with Gasteiger partial charge in [-0.25, -0.2) is 0 Å². The predicted octanol–water partition coefficient (Wildman–Crippen LogP) is 2.36. The number of benzene rings is 1. The minimum atomic E-state index is -0.807. The highest BCUT2D eigenvalue weighted by Gasteiger charge is 2.43. The first-order valence-corrected chi connectivity index (χ1v) is 7.64. The fourth-order valence-electron chi connectivity index (χ4n) is 3.36. The third-order valence-corrected chi connectivity index (χ3v) is 4.90. The van der Waals surface area contributed by atoms with Crippen molar-refractivity contribution in [1.82, 2.24) is 4.90 Å². The van der Waals surface area contributed by atoms with Crippen molar-refractivity contribution in [3.05, 3.63) is 35.9 Å². The molecule has 3 atom stereocenters. The molecule has 0 bridgehead atoms. The summed E-state index contributed by atoms with van der Waals surface area (Å²) < 4.78 is 0. The molecule has 1 aromatic rings. The lowest BCUT2D eigenvalue weighted by Gasteiger charge is -2.20. The Balaban J connectivity index is 1.78. The summed E-state index contributed by atoms with van der Waals surface area (Å²) in [6, 6.07) is 9.68. The van der Waals surface area contributed by atoms with Crippen molar-refractivity contribution in [3.8, 4) is 0 Å². The lowest BCUT2D eigenvalue weighted by molar-refractivity contribution is -0.142. The van der Waals surface area contributed by atoms with Crippen LogP contribution >= 0.6 is 0 Å². The first-order chi connectivity index (χ1) is 10.1. The summed E-state index contributed by atoms with van der Waals surface area (Å²) in [5.41, 5.74) is 1.01. The number of carboxylic acid groups (broad SMARTS) is 1. The van der Waals surface area contributed by atoms with E-state index in [9.17, 15) is 14.7 Å². The molecule has 0 radical (unpaired) electrons. The van der Waals surface area contributed by atoms with E-state index >= 15 is 0 Å². The number of carboxylic acids is 1. The van der Waals surface area contributed by atoms with Crippen LogP contribution in [0.4, 0.5) is 0 Å². The molecule has 112 valence electrons. The molecule has 2 aliphatic rings. The predicted molar refractivity (Wildman–Crippen MR) is 78.8 cm³/mol. The van der Waals surface area contributed by atoms with Crippen molar-refractivity contribution in [2.45, 2.75) is 25.7 Å². The van der Waals surface area contributed by atoms with Gasteiger partial charge in [-0.1, -0.05) is 37.3 Å². The van der Waals surface area contributed by atoms with Crippen LogP contribution in [-0.2, 0) is 9.59 Å². The summed E-state index contributed by atoms with van der Waals surface area (Å²) in [7, 11) is 0. The van der Waals surface area contributed by atoms with E-state index in [0.717, 1.165) is 18.4 Å². The van der Waals surface area contributed by atoms with E-state index in [1.54, 1.807) is 4.90 Å². The number of nitrogens with zero attached hydrogens (tertiary/aromatic N) is 1. The Kier molecular flexibility index (Phi) is 3.70. The molecule has 3 rings (SSSR count). The molecule has 1 aromatic carbocycles. The molecule has 2 fully saturated rings. The van der Waals surface area contributed by atoms with Gasteiger partial charge in [0.2, 0.25) is 5.91 Å². The van der Waals surface area contributed by atoms with Gasteiger partial charge < -0.3 is 10.0 Å². The van der Waals surface area contributed by atoms with Crippen LogP contribution in [0.3, 0.4) is 0 Å². The number of amides is 1. The first-order valence-electron chi connectivity index (χ1n) is 7.64. The fourth-order valence-corrected chi connectivity index (χ4v) is 3.36. The number of hydrogen-bond donors (Lipinski definition) is 1. The molecule has 3 unspecified atom stereocenters. The topological polar surface area (TPSA) is 57.6 Å². The van der Waals surface area contributed by atoms with Crippen LogP contribution in [-0.4, -0.2) is 35.0 Å². The monoisotopic (exact) mass is 287 g/mol. The minimum Gasteiger partial charge on any atom is -0.481 e. The van der Waals surface area contributed by atoms with Gasteiger partial charge in [-0.15, -0.1) is 0 Å². The standard InChI is InChI=1S/C17H21NO3/c1-11(12-7-8-12)16(19)18-9-14(15(10-18)17(20)21)13-5-3-2-4-6-13/h2-6,11-12,14-15H,7-10H2,1H3,(H,20,21). The molecule has 0 spiro atoms. The molecule has 4 nitrogen and oxygen atoms in total. The van der Waals surface area contributed by atoms with Gasteiger partial charge in [-0.3, -0.25) is 9.59 Å². The van der Waals surface area contributed by atoms with Crippen molar-refractivity contribution in [2.75, 3.05) is 13.1 Å². The quantitative estimate of drug-likeness (QED) is 0.925. The summed E-state index contributed by atoms with van der Waals surface area (Å²) in [4.78, 5) is 25.8. The van der Waals surface area contributed by atoms with Crippen molar-refractivity contribution < 1.29 is 14.7 Å². The summed E-state index contributed by atoms with van der Waals surface area (Å²) in [5, 5.41) is 9.47. The molecule has 4 heteroatoms. The van der Waals surface area contributed by atoms with Crippen LogP contribution in [0.1, 0.15) is 31.2 Å². The average molecular weight is 287 g/mol. The fraction of sp³-hybridized carbons (Fsp3) is 0.529. The van der Waals surface area contributed by atoms with Gasteiger partial charge in [0.1, 0.15) is 0 Å². The van der Waals surface area contributed by atoms with Crippen LogP contribution in [0.25, 0.3) is 0 Å². The summed E-state index contributed by atoms with van der Waals surface area (Å²) in [5.74, 6) is -0.729. The average Bonchev–Trinajstić information content (AvgIpc) is 3.24. The van der Waals surface area contributed by atoms with Crippen molar-refractivity contribution in [1.29, 1.82) is 0 Å². The van der Waals surface area contributed by atoms with Gasteiger partial charge in [0.15, 0.2) is 0 Å². The second kappa shape index (κ2) is 5.51. The third kappa shape index (κ3) is 2.80. The number of hydrogen-bond acceptors (Lipinski definition) is 2. The Hall–Kier alpha value is -1.84. The number of likely N-dealkylation sites (tertiary alicyclic amines) is 1. The minimum absolute atomic E-state index is 0.0361. The van der Waals surface area contributed by atoms with E-state index in [1.165, 1.54) is 0 Å². The van der Waals surface area contributed by atoms with Gasteiger partial charge in [0.25, 0.3) is 0 Å². The zero-order valence-electron chi connectivity index (χ0n) is 12.2. The highest BCUT2D eigenvalue weighted by atomic mass is 16.4. The number of carbonyl (C=O) groups excluding carboxylic acids is 1. The van der Waals surface area contributed by atoms with Gasteiger partial charge >= 0.3 is 5.97 Å². The van der Waals surface area contributed by atoms with E-state index in [2.05, 4.69) is 0 Å². The number of aliphatic carboxylic acids is 1. The third-order valence-electron chi connectivity index (χ3n) is 4.90. The summed E-state index contributed by atoms with van der Waals surface area (Å²) in [6.45, 7) is 2.84. The second-order valence-electron chi connectivity index (χ2n) is 6.33. The normalized spacial score (nSPS) is 26.6. The van der Waals surface area contributed by atoms with Gasteiger partial charge in [0.05, 0.1) is 5.92 Å². The second-order valence-corrected chi connectivity index (χ2v) is 6.33. The molecule has 1 saturated heterocycles. The summed E-state index contributed by atoms with van der Waals surface area (Å²) >= 11 is 0. The Morgan fingerprint density at radius 3 is 2.43 bits per heavy atom. The maximum atomic E-state index is 12.5. The lowest BCUT2D eigenvalue weighted by Crippen LogP contribution is -2.34. The van der Waals surface area contributed by atoms with Gasteiger partial charge in [-0.2, -0.15) is 0 Å². The number of carbonyl (C=O) groups is 2. The van der Waals surface area contributed by atoms with E-state index in [-0.39, 0.29) is 17.7 Å². The van der Waals surface area contributed by atoms with Crippen molar-refractivity contribution in [2.24, 2.45) is 17.8 Å². The molecule has 1 saturated carbocycles.